The van der Waals surface area contributed by atoms with Crippen molar-refractivity contribution in [2.45, 2.75) is 20.3 Å². The predicted octanol–water partition coefficient (Wildman–Crippen LogP) is 1.15. The lowest BCUT2D eigenvalue weighted by Gasteiger charge is -2.08. The molecule has 7 nitrogen and oxygen atoms in total. The number of anilines is 1. The molecule has 2 aromatic rings. The Morgan fingerprint density at radius 2 is 2.25 bits per heavy atom. The minimum atomic E-state index is -0.222. The zero-order chi connectivity index (χ0) is 14.5. The van der Waals surface area contributed by atoms with E-state index in [4.69, 9.17) is 0 Å². The van der Waals surface area contributed by atoms with Crippen LogP contribution in [0.1, 0.15) is 29.4 Å². The average Bonchev–Trinajstić information content (AvgIpc) is 2.95. The number of nitrogens with one attached hydrogen (secondary N) is 2. The second-order valence-electron chi connectivity index (χ2n) is 4.35. The molecule has 106 valence electrons. The Kier molecular flexibility index (Phi) is 4.29. The van der Waals surface area contributed by atoms with Gasteiger partial charge in [-0.15, -0.1) is 0 Å². The monoisotopic (exact) mass is 274 g/mol. The first kappa shape index (κ1) is 14.0. The number of aryl methyl sites for hydroxylation is 1. The number of hydrogen-bond acceptors (Lipinski definition) is 5. The molecule has 0 radical (unpaired) electrons. The summed E-state index contributed by atoms with van der Waals surface area (Å²) in [5.74, 6) is 0.998. The van der Waals surface area contributed by atoms with Gasteiger partial charge in [-0.25, -0.2) is 9.67 Å². The van der Waals surface area contributed by atoms with Crippen LogP contribution in [0.25, 0.3) is 5.82 Å². The topological polar surface area (TPSA) is 84.7 Å². The summed E-state index contributed by atoms with van der Waals surface area (Å²) < 4.78 is 1.58. The maximum Gasteiger partial charge on any atom is 0.271 e. The van der Waals surface area contributed by atoms with Crippen LogP contribution < -0.4 is 10.6 Å². The van der Waals surface area contributed by atoms with E-state index >= 15 is 0 Å². The molecule has 0 atom stereocenters. The molecule has 0 aliphatic carbocycles. The van der Waals surface area contributed by atoms with E-state index in [1.165, 1.54) is 0 Å². The van der Waals surface area contributed by atoms with E-state index in [1.54, 1.807) is 30.2 Å². The fourth-order valence-corrected chi connectivity index (χ4v) is 1.68. The molecule has 0 aliphatic heterocycles. The van der Waals surface area contributed by atoms with Gasteiger partial charge in [-0.1, -0.05) is 6.92 Å². The Morgan fingerprint density at radius 3 is 2.95 bits per heavy atom. The molecule has 7 heteroatoms. The van der Waals surface area contributed by atoms with Crippen LogP contribution in [0.15, 0.2) is 18.5 Å². The minimum absolute atomic E-state index is 0.222. The molecule has 20 heavy (non-hydrogen) atoms. The van der Waals surface area contributed by atoms with Gasteiger partial charge in [-0.05, 0) is 19.4 Å². The molecule has 2 N–H and O–H groups in total. The molecule has 0 spiro atoms. The molecule has 0 bridgehead atoms. The van der Waals surface area contributed by atoms with Gasteiger partial charge < -0.3 is 10.6 Å². The first-order valence-corrected chi connectivity index (χ1v) is 6.51. The van der Waals surface area contributed by atoms with Gasteiger partial charge >= 0.3 is 0 Å². The minimum Gasteiger partial charge on any atom is -0.354 e. The van der Waals surface area contributed by atoms with Crippen molar-refractivity contribution >= 4 is 11.9 Å². The van der Waals surface area contributed by atoms with Crippen molar-refractivity contribution in [3.05, 3.63) is 29.7 Å². The lowest BCUT2D eigenvalue weighted by atomic mass is 10.3. The molecular formula is C13H18N6O. The number of amides is 1. The third kappa shape index (κ3) is 2.93. The van der Waals surface area contributed by atoms with Crippen LogP contribution in [-0.4, -0.2) is 39.2 Å². The van der Waals surface area contributed by atoms with E-state index in [-0.39, 0.29) is 5.91 Å². The molecule has 1 amide bonds. The van der Waals surface area contributed by atoms with E-state index in [1.807, 2.05) is 6.92 Å². The summed E-state index contributed by atoms with van der Waals surface area (Å²) in [4.78, 5) is 20.2. The van der Waals surface area contributed by atoms with Crippen molar-refractivity contribution in [1.82, 2.24) is 25.1 Å². The third-order valence-corrected chi connectivity index (χ3v) is 2.74. The summed E-state index contributed by atoms with van der Waals surface area (Å²) in [7, 11) is 1.57. The van der Waals surface area contributed by atoms with Crippen molar-refractivity contribution in [3.63, 3.8) is 0 Å². The number of hydrogen-bond donors (Lipinski definition) is 2. The van der Waals surface area contributed by atoms with Crippen molar-refractivity contribution in [3.8, 4) is 5.82 Å². The van der Waals surface area contributed by atoms with Crippen molar-refractivity contribution in [1.29, 1.82) is 0 Å². The summed E-state index contributed by atoms with van der Waals surface area (Å²) in [6.45, 7) is 4.79. The van der Waals surface area contributed by atoms with E-state index in [9.17, 15) is 4.79 Å². The largest absolute Gasteiger partial charge is 0.354 e. The molecule has 2 rings (SSSR count). The van der Waals surface area contributed by atoms with E-state index in [2.05, 4.69) is 32.6 Å². The third-order valence-electron chi connectivity index (χ3n) is 2.74. The zero-order valence-corrected chi connectivity index (χ0v) is 11.8. The maximum atomic E-state index is 11.5. The Bertz CT molecular complexity index is 607. The van der Waals surface area contributed by atoms with E-state index < -0.39 is 0 Å². The van der Waals surface area contributed by atoms with Gasteiger partial charge in [0, 0.05) is 31.5 Å². The summed E-state index contributed by atoms with van der Waals surface area (Å²) >= 11 is 0. The number of rotatable bonds is 5. The summed E-state index contributed by atoms with van der Waals surface area (Å²) in [5, 5.41) is 9.89. The molecule has 0 unspecified atom stereocenters. The van der Waals surface area contributed by atoms with Crippen LogP contribution in [0.4, 0.5) is 5.95 Å². The van der Waals surface area contributed by atoms with Gasteiger partial charge in [0.1, 0.15) is 0 Å². The lowest BCUT2D eigenvalue weighted by Crippen LogP contribution is -2.18. The molecule has 0 saturated carbocycles. The molecule has 2 aromatic heterocycles. The Hall–Kier alpha value is -2.44. The van der Waals surface area contributed by atoms with Gasteiger partial charge in [0.2, 0.25) is 5.95 Å². The quantitative estimate of drug-likeness (QED) is 0.854. The number of carbonyl (C=O) groups is 1. The molecular weight excluding hydrogens is 256 g/mol. The van der Waals surface area contributed by atoms with Gasteiger partial charge in [0.05, 0.1) is 0 Å². The van der Waals surface area contributed by atoms with Crippen LogP contribution in [-0.2, 0) is 0 Å². The summed E-state index contributed by atoms with van der Waals surface area (Å²) in [5.41, 5.74) is 1.24. The Balaban J connectivity index is 2.31. The van der Waals surface area contributed by atoms with Gasteiger partial charge in [-0.3, -0.25) is 4.79 Å². The standard InChI is InChI=1S/C13H18N6O/c1-4-6-15-13-16-8-9(2)11(17-13)19-7-5-10(18-19)12(20)14-3/h5,7-8H,4,6H2,1-3H3,(H,14,20)(H,15,16,17). The second-order valence-corrected chi connectivity index (χ2v) is 4.35. The first-order valence-electron chi connectivity index (χ1n) is 6.51. The summed E-state index contributed by atoms with van der Waals surface area (Å²) in [6, 6.07) is 1.65. The normalized spacial score (nSPS) is 10.3. The highest BCUT2D eigenvalue weighted by atomic mass is 16.1. The molecule has 0 fully saturated rings. The summed E-state index contributed by atoms with van der Waals surface area (Å²) in [6.07, 6.45) is 4.44. The van der Waals surface area contributed by atoms with Crippen molar-refractivity contribution < 1.29 is 4.79 Å². The lowest BCUT2D eigenvalue weighted by molar-refractivity contribution is 0.0957. The average molecular weight is 274 g/mol. The molecule has 0 aromatic carbocycles. The SMILES string of the molecule is CCCNc1ncc(C)c(-n2ccc(C(=O)NC)n2)n1. The van der Waals surface area contributed by atoms with Crippen molar-refractivity contribution in [2.24, 2.45) is 0 Å². The van der Waals surface area contributed by atoms with E-state index in [0.29, 0.717) is 17.5 Å². The van der Waals surface area contributed by atoms with Crippen LogP contribution in [0, 0.1) is 6.92 Å². The smallest absolute Gasteiger partial charge is 0.271 e. The highest BCUT2D eigenvalue weighted by Gasteiger charge is 2.11. The first-order chi connectivity index (χ1) is 9.65. The highest BCUT2D eigenvalue weighted by molar-refractivity contribution is 5.91. The van der Waals surface area contributed by atoms with Crippen LogP contribution in [0.3, 0.4) is 0 Å². The highest BCUT2D eigenvalue weighted by Crippen LogP contribution is 2.12. The van der Waals surface area contributed by atoms with Crippen LogP contribution in [0.2, 0.25) is 0 Å². The second kappa shape index (κ2) is 6.14. The number of carbonyl (C=O) groups excluding carboxylic acids is 1. The predicted molar refractivity (Wildman–Crippen MR) is 76.1 cm³/mol. The van der Waals surface area contributed by atoms with Gasteiger partial charge in [-0.2, -0.15) is 10.1 Å². The van der Waals surface area contributed by atoms with Gasteiger partial charge in [0.15, 0.2) is 11.5 Å². The molecule has 0 aliphatic rings. The fourth-order valence-electron chi connectivity index (χ4n) is 1.68. The fraction of sp³-hybridized carbons (Fsp3) is 0.385. The zero-order valence-electron chi connectivity index (χ0n) is 11.8. The maximum absolute atomic E-state index is 11.5. The number of nitrogens with zero attached hydrogens (tertiary/aromatic N) is 4. The van der Waals surface area contributed by atoms with Crippen LogP contribution in [0.5, 0.6) is 0 Å². The Morgan fingerprint density at radius 1 is 1.45 bits per heavy atom. The Labute approximate surface area is 117 Å². The van der Waals surface area contributed by atoms with E-state index in [0.717, 1.165) is 18.5 Å². The van der Waals surface area contributed by atoms with Crippen molar-refractivity contribution in [2.75, 3.05) is 18.9 Å². The van der Waals surface area contributed by atoms with Gasteiger partial charge in [0.25, 0.3) is 5.91 Å². The molecule has 0 saturated heterocycles. The molecule has 2 heterocycles. The number of aromatic nitrogens is 4. The van der Waals surface area contributed by atoms with Crippen LogP contribution >= 0.6 is 0 Å².